The zero-order valence-corrected chi connectivity index (χ0v) is 14.2. The van der Waals surface area contributed by atoms with Gasteiger partial charge in [-0.2, -0.15) is 5.10 Å². The molecule has 0 saturated carbocycles. The molecule has 102 valence electrons. The highest BCUT2D eigenvalue weighted by molar-refractivity contribution is 9.10. The summed E-state index contributed by atoms with van der Waals surface area (Å²) in [5.74, 6) is 0. The maximum Gasteiger partial charge on any atom is 0.0704 e. The smallest absolute Gasteiger partial charge is 0.0704 e. The van der Waals surface area contributed by atoms with E-state index in [0.29, 0.717) is 6.04 Å². The van der Waals surface area contributed by atoms with E-state index in [-0.39, 0.29) is 0 Å². The molecule has 0 saturated heterocycles. The Kier molecular flexibility index (Phi) is 5.19. The van der Waals surface area contributed by atoms with Gasteiger partial charge in [-0.1, -0.05) is 28.9 Å². The first kappa shape index (κ1) is 14.8. The van der Waals surface area contributed by atoms with Crippen molar-refractivity contribution in [3.05, 3.63) is 45.1 Å². The lowest BCUT2D eigenvalue weighted by Gasteiger charge is -2.18. The van der Waals surface area contributed by atoms with Gasteiger partial charge in [0.25, 0.3) is 0 Å². The number of nitrogens with zero attached hydrogens (tertiary/aromatic N) is 2. The number of aromatic nitrogens is 2. The lowest BCUT2D eigenvalue weighted by Crippen LogP contribution is -2.20. The van der Waals surface area contributed by atoms with E-state index in [2.05, 4.69) is 74.3 Å². The molecule has 5 heteroatoms. The predicted molar refractivity (Wildman–Crippen MR) is 85.7 cm³/mol. The molecule has 1 aromatic heterocycles. The van der Waals surface area contributed by atoms with Gasteiger partial charge in [-0.3, -0.25) is 0 Å². The monoisotopic (exact) mass is 385 g/mol. The minimum absolute atomic E-state index is 0.297. The van der Waals surface area contributed by atoms with Gasteiger partial charge < -0.3 is 5.32 Å². The van der Waals surface area contributed by atoms with Gasteiger partial charge in [0.15, 0.2) is 0 Å². The van der Waals surface area contributed by atoms with Crippen molar-refractivity contribution in [3.8, 4) is 5.69 Å². The molecule has 2 aromatic rings. The summed E-state index contributed by atoms with van der Waals surface area (Å²) >= 11 is 6.97. The third-order valence-corrected chi connectivity index (χ3v) is 3.86. The van der Waals surface area contributed by atoms with Crippen molar-refractivity contribution < 1.29 is 0 Å². The topological polar surface area (TPSA) is 29.9 Å². The van der Waals surface area contributed by atoms with Crippen LogP contribution in [0.25, 0.3) is 5.69 Å². The second-order valence-corrected chi connectivity index (χ2v) is 6.31. The van der Waals surface area contributed by atoms with E-state index >= 15 is 0 Å². The summed E-state index contributed by atoms with van der Waals surface area (Å²) in [4.78, 5) is 0. The number of hydrogen-bond donors (Lipinski definition) is 1. The van der Waals surface area contributed by atoms with Gasteiger partial charge in [-0.25, -0.2) is 4.68 Å². The van der Waals surface area contributed by atoms with Crippen LogP contribution in [0.15, 0.2) is 39.5 Å². The van der Waals surface area contributed by atoms with Crippen LogP contribution >= 0.6 is 31.9 Å². The Hall–Kier alpha value is -0.650. The minimum Gasteiger partial charge on any atom is -0.310 e. The van der Waals surface area contributed by atoms with Crippen molar-refractivity contribution >= 4 is 31.9 Å². The fourth-order valence-corrected chi connectivity index (χ4v) is 2.62. The molecule has 0 aliphatic heterocycles. The molecule has 2 rings (SSSR count). The normalized spacial score (nSPS) is 12.6. The molecule has 0 aliphatic rings. The molecule has 19 heavy (non-hydrogen) atoms. The zero-order chi connectivity index (χ0) is 13.8. The van der Waals surface area contributed by atoms with Crippen molar-refractivity contribution in [2.45, 2.75) is 26.3 Å². The van der Waals surface area contributed by atoms with Crippen LogP contribution < -0.4 is 5.32 Å². The summed E-state index contributed by atoms with van der Waals surface area (Å²) in [7, 11) is 0. The lowest BCUT2D eigenvalue weighted by molar-refractivity contribution is 0.567. The van der Waals surface area contributed by atoms with E-state index in [9.17, 15) is 0 Å². The Morgan fingerprint density at radius 2 is 2.11 bits per heavy atom. The van der Waals surface area contributed by atoms with Crippen molar-refractivity contribution in [1.82, 2.24) is 15.1 Å². The molecule has 1 N–H and O–H groups in total. The number of halogens is 2. The molecule has 1 heterocycles. The highest BCUT2D eigenvalue weighted by Crippen LogP contribution is 2.26. The number of rotatable bonds is 5. The average Bonchev–Trinajstić information content (AvgIpc) is 2.82. The summed E-state index contributed by atoms with van der Waals surface area (Å²) in [6.45, 7) is 5.37. The lowest BCUT2D eigenvalue weighted by atomic mass is 10.1. The number of benzene rings is 1. The molecule has 1 atom stereocenters. The summed E-state index contributed by atoms with van der Waals surface area (Å²) in [6.07, 6.45) is 4.90. The van der Waals surface area contributed by atoms with Crippen molar-refractivity contribution in [2.24, 2.45) is 0 Å². The molecular weight excluding hydrogens is 370 g/mol. The first-order valence-electron chi connectivity index (χ1n) is 6.35. The second kappa shape index (κ2) is 6.68. The molecule has 3 nitrogen and oxygen atoms in total. The molecule has 1 aromatic carbocycles. The maximum absolute atomic E-state index is 4.37. The highest BCUT2D eigenvalue weighted by Gasteiger charge is 2.12. The maximum atomic E-state index is 4.37. The van der Waals surface area contributed by atoms with E-state index in [1.54, 1.807) is 6.20 Å². The van der Waals surface area contributed by atoms with Gasteiger partial charge in [0, 0.05) is 16.7 Å². The van der Waals surface area contributed by atoms with E-state index in [4.69, 9.17) is 0 Å². The summed E-state index contributed by atoms with van der Waals surface area (Å²) in [5.41, 5.74) is 2.34. The Balaban J connectivity index is 2.38. The van der Waals surface area contributed by atoms with E-state index < -0.39 is 0 Å². The van der Waals surface area contributed by atoms with Crippen LogP contribution in [0.1, 0.15) is 31.9 Å². The molecule has 0 spiro atoms. The van der Waals surface area contributed by atoms with Gasteiger partial charge in [0.1, 0.15) is 0 Å². The van der Waals surface area contributed by atoms with Crippen LogP contribution in [0.4, 0.5) is 0 Å². The van der Waals surface area contributed by atoms with E-state index in [0.717, 1.165) is 27.6 Å². The Labute approximate surface area is 130 Å². The Bertz CT molecular complexity index is 551. The average molecular weight is 387 g/mol. The fourth-order valence-electron chi connectivity index (χ4n) is 1.98. The first-order valence-corrected chi connectivity index (χ1v) is 7.93. The van der Waals surface area contributed by atoms with Crippen molar-refractivity contribution in [1.29, 1.82) is 0 Å². The zero-order valence-electron chi connectivity index (χ0n) is 11.0. The SMILES string of the molecule is CCCNC(C)c1ccc(Br)cc1-n1cc(Br)cn1. The third-order valence-electron chi connectivity index (χ3n) is 2.96. The number of nitrogens with one attached hydrogen (secondary N) is 1. The molecule has 1 unspecified atom stereocenters. The first-order chi connectivity index (χ1) is 9.11. The molecule has 0 bridgehead atoms. The summed E-state index contributed by atoms with van der Waals surface area (Å²) < 4.78 is 3.93. The van der Waals surface area contributed by atoms with Gasteiger partial charge in [-0.05, 0) is 53.5 Å². The van der Waals surface area contributed by atoms with Gasteiger partial charge in [0.2, 0.25) is 0 Å². The van der Waals surface area contributed by atoms with Gasteiger partial charge in [-0.15, -0.1) is 0 Å². The largest absolute Gasteiger partial charge is 0.310 e. The molecular formula is C14H17Br2N3. The van der Waals surface area contributed by atoms with Crippen LogP contribution in [0.2, 0.25) is 0 Å². The minimum atomic E-state index is 0.297. The molecule has 0 amide bonds. The fraction of sp³-hybridized carbons (Fsp3) is 0.357. The van der Waals surface area contributed by atoms with Gasteiger partial charge >= 0.3 is 0 Å². The summed E-state index contributed by atoms with van der Waals surface area (Å²) in [5, 5.41) is 7.89. The molecule has 0 aliphatic carbocycles. The van der Waals surface area contributed by atoms with Crippen LogP contribution in [0.5, 0.6) is 0 Å². The number of hydrogen-bond acceptors (Lipinski definition) is 2. The molecule has 0 fully saturated rings. The van der Waals surface area contributed by atoms with Crippen LogP contribution in [0, 0.1) is 0 Å². The van der Waals surface area contributed by atoms with Crippen LogP contribution in [-0.2, 0) is 0 Å². The van der Waals surface area contributed by atoms with E-state index in [1.165, 1.54) is 5.56 Å². The Morgan fingerprint density at radius 1 is 1.32 bits per heavy atom. The van der Waals surface area contributed by atoms with E-state index in [1.807, 2.05) is 10.9 Å². The Morgan fingerprint density at radius 3 is 2.74 bits per heavy atom. The van der Waals surface area contributed by atoms with Crippen LogP contribution in [0.3, 0.4) is 0 Å². The molecule has 0 radical (unpaired) electrons. The van der Waals surface area contributed by atoms with Crippen LogP contribution in [-0.4, -0.2) is 16.3 Å². The quantitative estimate of drug-likeness (QED) is 0.822. The van der Waals surface area contributed by atoms with Crippen molar-refractivity contribution in [2.75, 3.05) is 6.54 Å². The standard InChI is InChI=1S/C14H17Br2N3/c1-3-6-17-10(2)13-5-4-11(15)7-14(13)19-9-12(16)8-18-19/h4-5,7-10,17H,3,6H2,1-2H3. The third kappa shape index (κ3) is 3.68. The predicted octanol–water partition coefficient (Wildman–Crippen LogP) is 4.46. The second-order valence-electron chi connectivity index (χ2n) is 4.48. The summed E-state index contributed by atoms with van der Waals surface area (Å²) in [6, 6.07) is 6.61. The van der Waals surface area contributed by atoms with Gasteiger partial charge in [0.05, 0.1) is 16.4 Å². The highest BCUT2D eigenvalue weighted by atomic mass is 79.9. The van der Waals surface area contributed by atoms with Crippen molar-refractivity contribution in [3.63, 3.8) is 0 Å².